The van der Waals surface area contributed by atoms with Crippen molar-refractivity contribution in [3.8, 4) is 0 Å². The van der Waals surface area contributed by atoms with E-state index >= 15 is 0 Å². The maximum absolute atomic E-state index is 13.4. The van der Waals surface area contributed by atoms with Crippen molar-refractivity contribution < 1.29 is 4.39 Å². The predicted octanol–water partition coefficient (Wildman–Crippen LogP) is 6.40. The van der Waals surface area contributed by atoms with Gasteiger partial charge in [0.1, 0.15) is 5.82 Å². The van der Waals surface area contributed by atoms with E-state index in [9.17, 15) is 4.39 Å². The molecule has 0 nitrogen and oxygen atoms in total. The first-order valence-electron chi connectivity index (χ1n) is 5.25. The minimum absolute atomic E-state index is 0.0145. The number of hydrogen-bond donors (Lipinski definition) is 0. The quantitative estimate of drug-likeness (QED) is 0.500. The molecule has 1 unspecified atom stereocenters. The molecule has 2 rings (SSSR count). The summed E-state index contributed by atoms with van der Waals surface area (Å²) in [4.78, 5) is 1.13. The van der Waals surface area contributed by atoms with Gasteiger partial charge < -0.3 is 0 Å². The van der Waals surface area contributed by atoms with Gasteiger partial charge in [0.25, 0.3) is 0 Å². The lowest BCUT2D eigenvalue weighted by atomic mass is 10.1. The molecular weight excluding hydrogens is 402 g/mol. The highest BCUT2D eigenvalue weighted by molar-refractivity contribution is 9.11. The largest absolute Gasteiger partial charge is 0.207 e. The van der Waals surface area contributed by atoms with E-state index in [1.807, 2.05) is 6.92 Å². The van der Waals surface area contributed by atoms with Crippen LogP contribution in [0.3, 0.4) is 0 Å². The molecule has 18 heavy (non-hydrogen) atoms. The lowest BCUT2D eigenvalue weighted by Crippen LogP contribution is -1.94. The fraction of sp³-hybridized carbons (Fsp3) is 0.231. The molecule has 1 aromatic heterocycles. The first-order chi connectivity index (χ1) is 8.40. The molecular formula is C13H10Br2ClFS. The molecule has 0 fully saturated rings. The van der Waals surface area contributed by atoms with E-state index in [2.05, 4.69) is 37.9 Å². The zero-order valence-corrected chi connectivity index (χ0v) is 14.5. The van der Waals surface area contributed by atoms with Crippen LogP contribution in [0.1, 0.15) is 26.4 Å². The van der Waals surface area contributed by atoms with Crippen molar-refractivity contribution in [3.63, 3.8) is 0 Å². The van der Waals surface area contributed by atoms with E-state index in [1.54, 1.807) is 24.3 Å². The lowest BCUT2D eigenvalue weighted by Gasteiger charge is -2.11. The number of aryl methyl sites for hydroxylation is 2. The molecule has 2 aromatic rings. The summed E-state index contributed by atoms with van der Waals surface area (Å²) < 4.78 is 14.5. The van der Waals surface area contributed by atoms with E-state index in [0.717, 1.165) is 14.2 Å². The molecule has 0 bridgehead atoms. The van der Waals surface area contributed by atoms with E-state index in [4.69, 9.17) is 11.6 Å². The summed E-state index contributed by atoms with van der Waals surface area (Å²) in [6.07, 6.45) is 0. The molecule has 0 spiro atoms. The molecule has 1 aromatic carbocycles. The van der Waals surface area contributed by atoms with Gasteiger partial charge in [0.05, 0.1) is 8.61 Å². The summed E-state index contributed by atoms with van der Waals surface area (Å²) in [5.41, 5.74) is 2.69. The molecule has 0 aliphatic carbocycles. The standard InChI is InChI=1S/C13H10Br2ClFS/c1-6-3-8(9(16)5-10(6)17)12(14)11-4-7(2)13(15)18-11/h3-5,12H,1-2H3. The summed E-state index contributed by atoms with van der Waals surface area (Å²) in [6.45, 7) is 3.78. The molecule has 0 aliphatic heterocycles. The third-order valence-corrected chi connectivity index (χ3v) is 6.50. The van der Waals surface area contributed by atoms with Crippen molar-refractivity contribution in [1.82, 2.24) is 0 Å². The number of benzene rings is 1. The smallest absolute Gasteiger partial charge is 0.127 e. The van der Waals surface area contributed by atoms with Crippen molar-refractivity contribution in [2.75, 3.05) is 0 Å². The van der Waals surface area contributed by atoms with Crippen LogP contribution in [0.4, 0.5) is 4.39 Å². The van der Waals surface area contributed by atoms with Crippen LogP contribution >= 0.6 is 54.8 Å². The van der Waals surface area contributed by atoms with E-state index in [0.29, 0.717) is 10.6 Å². The zero-order chi connectivity index (χ0) is 13.4. The molecule has 0 amide bonds. The fourth-order valence-electron chi connectivity index (χ4n) is 1.64. The van der Waals surface area contributed by atoms with Gasteiger partial charge in [-0.15, -0.1) is 11.3 Å². The van der Waals surface area contributed by atoms with Crippen molar-refractivity contribution in [2.24, 2.45) is 0 Å². The normalized spacial score (nSPS) is 12.8. The highest BCUT2D eigenvalue weighted by Crippen LogP contribution is 2.41. The van der Waals surface area contributed by atoms with Gasteiger partial charge in [-0.2, -0.15) is 0 Å². The van der Waals surface area contributed by atoms with Crippen LogP contribution < -0.4 is 0 Å². The Morgan fingerprint density at radius 3 is 2.44 bits per heavy atom. The molecule has 1 heterocycles. The van der Waals surface area contributed by atoms with Crippen molar-refractivity contribution in [3.05, 3.63) is 54.4 Å². The number of rotatable bonds is 2. The van der Waals surface area contributed by atoms with Crippen LogP contribution in [0.5, 0.6) is 0 Å². The van der Waals surface area contributed by atoms with Crippen LogP contribution in [0.2, 0.25) is 5.02 Å². The van der Waals surface area contributed by atoms with Gasteiger partial charge >= 0.3 is 0 Å². The summed E-state index contributed by atoms with van der Waals surface area (Å²) >= 11 is 14.9. The van der Waals surface area contributed by atoms with E-state index in [1.165, 1.54) is 11.6 Å². The maximum atomic E-state index is 13.4. The van der Waals surface area contributed by atoms with E-state index < -0.39 is 0 Å². The third-order valence-electron chi connectivity index (χ3n) is 2.68. The van der Waals surface area contributed by atoms with E-state index in [-0.39, 0.29) is 10.6 Å². The Balaban J connectivity index is 2.45. The molecule has 0 radical (unpaired) electrons. The Labute approximate surface area is 131 Å². The highest BCUT2D eigenvalue weighted by Gasteiger charge is 2.18. The minimum atomic E-state index is -0.271. The summed E-state index contributed by atoms with van der Waals surface area (Å²) in [5, 5.41) is 0.446. The van der Waals surface area contributed by atoms with Crippen LogP contribution in [0, 0.1) is 19.7 Å². The number of thiophene rings is 1. The average molecular weight is 413 g/mol. The van der Waals surface area contributed by atoms with Crippen LogP contribution in [0.25, 0.3) is 0 Å². The minimum Gasteiger partial charge on any atom is -0.207 e. The summed E-state index contributed by atoms with van der Waals surface area (Å²) in [5.74, 6) is -0.271. The molecule has 96 valence electrons. The second-order valence-corrected chi connectivity index (χ2v) is 7.82. The molecule has 0 saturated carbocycles. The van der Waals surface area contributed by atoms with Gasteiger partial charge in [-0.1, -0.05) is 33.6 Å². The fourth-order valence-corrected chi connectivity index (χ4v) is 4.39. The van der Waals surface area contributed by atoms with Crippen LogP contribution in [0.15, 0.2) is 22.0 Å². The monoisotopic (exact) mass is 410 g/mol. The van der Waals surface area contributed by atoms with Crippen LogP contribution in [-0.2, 0) is 0 Å². The number of halogens is 4. The Bertz CT molecular complexity index is 575. The zero-order valence-electron chi connectivity index (χ0n) is 9.73. The molecule has 5 heteroatoms. The van der Waals surface area contributed by atoms with Gasteiger partial charge in [-0.25, -0.2) is 4.39 Å². The SMILES string of the molecule is Cc1cc(C(Br)c2cc(C)c(Br)s2)c(Cl)cc1F. The highest BCUT2D eigenvalue weighted by atomic mass is 79.9. The lowest BCUT2D eigenvalue weighted by molar-refractivity contribution is 0.618. The summed E-state index contributed by atoms with van der Waals surface area (Å²) in [7, 11) is 0. The topological polar surface area (TPSA) is 0 Å². The average Bonchev–Trinajstić information content (AvgIpc) is 2.63. The first kappa shape index (κ1) is 14.5. The second kappa shape index (κ2) is 5.61. The summed E-state index contributed by atoms with van der Waals surface area (Å²) in [6, 6.07) is 5.26. The van der Waals surface area contributed by atoms with Crippen molar-refractivity contribution >= 4 is 54.8 Å². The predicted molar refractivity (Wildman–Crippen MR) is 83.7 cm³/mol. The Morgan fingerprint density at radius 2 is 1.89 bits per heavy atom. The molecule has 0 saturated heterocycles. The van der Waals surface area contributed by atoms with Crippen molar-refractivity contribution in [1.29, 1.82) is 0 Å². The first-order valence-corrected chi connectivity index (χ1v) is 8.16. The third kappa shape index (κ3) is 2.82. The van der Waals surface area contributed by atoms with Gasteiger partial charge in [-0.05, 0) is 58.6 Å². The Kier molecular flexibility index (Phi) is 4.52. The number of hydrogen-bond acceptors (Lipinski definition) is 1. The number of alkyl halides is 1. The van der Waals surface area contributed by atoms with Gasteiger partial charge in [0.2, 0.25) is 0 Å². The maximum Gasteiger partial charge on any atom is 0.127 e. The molecule has 0 N–H and O–H groups in total. The van der Waals surface area contributed by atoms with Gasteiger partial charge in [-0.3, -0.25) is 0 Å². The second-order valence-electron chi connectivity index (χ2n) is 4.09. The van der Waals surface area contributed by atoms with Crippen LogP contribution in [-0.4, -0.2) is 0 Å². The van der Waals surface area contributed by atoms with Gasteiger partial charge in [0.15, 0.2) is 0 Å². The van der Waals surface area contributed by atoms with Crippen molar-refractivity contribution in [2.45, 2.75) is 18.7 Å². The Morgan fingerprint density at radius 1 is 1.22 bits per heavy atom. The van der Waals surface area contributed by atoms with Gasteiger partial charge in [0, 0.05) is 9.90 Å². The molecule has 0 aliphatic rings. The molecule has 1 atom stereocenters. The Hall–Kier alpha value is 0.1000.